The second-order valence-corrected chi connectivity index (χ2v) is 6.40. The first-order valence-corrected chi connectivity index (χ1v) is 7.86. The fraction of sp³-hybridized carbons (Fsp3) is 0.545. The van der Waals surface area contributed by atoms with Gasteiger partial charge in [0.05, 0.1) is 18.9 Å². The summed E-state index contributed by atoms with van der Waals surface area (Å²) in [5, 5.41) is -0.0363. The first-order chi connectivity index (χ1) is 9.32. The van der Waals surface area contributed by atoms with Gasteiger partial charge in [-0.15, -0.1) is 0 Å². The second-order valence-electron chi connectivity index (χ2n) is 4.01. The number of rotatable bonds is 6. The lowest BCUT2D eigenvalue weighted by Crippen LogP contribution is -2.41. The van der Waals surface area contributed by atoms with Crippen molar-refractivity contribution in [2.24, 2.45) is 0 Å². The van der Waals surface area contributed by atoms with Crippen LogP contribution in [0.4, 0.5) is 0 Å². The molecule has 0 aromatic carbocycles. The Kier molecular flexibility index (Phi) is 5.85. The van der Waals surface area contributed by atoms with Crippen molar-refractivity contribution < 1.29 is 13.2 Å². The standard InChI is InChI=1S/C11H17ClN4O3S/c1-4-16(5-2)10(17)8-15(3)20(18,19)9-6-13-11(12)14-7-9/h6-7H,4-5,8H2,1-3H3. The zero-order valence-electron chi connectivity index (χ0n) is 11.6. The molecule has 0 radical (unpaired) electrons. The number of halogens is 1. The maximum atomic E-state index is 12.2. The molecule has 9 heteroatoms. The Morgan fingerprint density at radius 3 is 2.20 bits per heavy atom. The van der Waals surface area contributed by atoms with E-state index in [1.165, 1.54) is 7.05 Å². The van der Waals surface area contributed by atoms with Crippen molar-refractivity contribution in [1.29, 1.82) is 0 Å². The summed E-state index contributed by atoms with van der Waals surface area (Å²) in [6, 6.07) is 0. The average molecular weight is 321 g/mol. The first-order valence-electron chi connectivity index (χ1n) is 6.04. The van der Waals surface area contributed by atoms with E-state index < -0.39 is 10.0 Å². The van der Waals surface area contributed by atoms with E-state index in [-0.39, 0.29) is 22.6 Å². The van der Waals surface area contributed by atoms with E-state index in [0.717, 1.165) is 16.7 Å². The van der Waals surface area contributed by atoms with Crippen LogP contribution in [0.3, 0.4) is 0 Å². The molecule has 0 bridgehead atoms. The van der Waals surface area contributed by atoms with Crippen molar-refractivity contribution >= 4 is 27.5 Å². The van der Waals surface area contributed by atoms with Crippen LogP contribution < -0.4 is 0 Å². The normalized spacial score (nSPS) is 11.7. The van der Waals surface area contributed by atoms with Gasteiger partial charge in [0.1, 0.15) is 4.90 Å². The van der Waals surface area contributed by atoms with E-state index in [0.29, 0.717) is 13.1 Å². The molecule has 1 heterocycles. The molecular formula is C11H17ClN4O3S. The number of aromatic nitrogens is 2. The molecule has 0 saturated heterocycles. The Morgan fingerprint density at radius 1 is 1.25 bits per heavy atom. The predicted octanol–water partition coefficient (Wildman–Crippen LogP) is 0.619. The van der Waals surface area contributed by atoms with Crippen molar-refractivity contribution in [3.05, 3.63) is 17.7 Å². The van der Waals surface area contributed by atoms with Gasteiger partial charge >= 0.3 is 0 Å². The monoisotopic (exact) mass is 320 g/mol. The number of likely N-dealkylation sites (N-methyl/N-ethyl adjacent to an activating group) is 2. The zero-order valence-corrected chi connectivity index (χ0v) is 13.1. The van der Waals surface area contributed by atoms with Gasteiger partial charge < -0.3 is 4.90 Å². The highest BCUT2D eigenvalue weighted by atomic mass is 35.5. The average Bonchev–Trinajstić information content (AvgIpc) is 2.40. The molecule has 0 N–H and O–H groups in total. The highest BCUT2D eigenvalue weighted by Gasteiger charge is 2.25. The second kappa shape index (κ2) is 6.96. The number of nitrogens with zero attached hydrogens (tertiary/aromatic N) is 4. The van der Waals surface area contributed by atoms with Gasteiger partial charge in [-0.05, 0) is 25.4 Å². The third kappa shape index (κ3) is 3.87. The number of hydrogen-bond acceptors (Lipinski definition) is 5. The number of carbonyl (C=O) groups excluding carboxylic acids is 1. The van der Waals surface area contributed by atoms with E-state index in [9.17, 15) is 13.2 Å². The van der Waals surface area contributed by atoms with Crippen LogP contribution in [0.25, 0.3) is 0 Å². The summed E-state index contributed by atoms with van der Waals surface area (Å²) in [5.74, 6) is -0.254. The summed E-state index contributed by atoms with van der Waals surface area (Å²) in [5.41, 5.74) is 0. The van der Waals surface area contributed by atoms with Crippen molar-refractivity contribution in [1.82, 2.24) is 19.2 Å². The molecule has 0 atom stereocenters. The van der Waals surface area contributed by atoms with Crippen molar-refractivity contribution in [2.45, 2.75) is 18.7 Å². The van der Waals surface area contributed by atoms with Crippen LogP contribution in [0.2, 0.25) is 5.28 Å². The van der Waals surface area contributed by atoms with Gasteiger partial charge in [-0.25, -0.2) is 18.4 Å². The number of carbonyl (C=O) groups is 1. The predicted molar refractivity (Wildman–Crippen MR) is 74.8 cm³/mol. The SMILES string of the molecule is CCN(CC)C(=O)CN(C)S(=O)(=O)c1cnc(Cl)nc1. The number of sulfonamides is 1. The highest BCUT2D eigenvalue weighted by Crippen LogP contribution is 2.13. The summed E-state index contributed by atoms with van der Waals surface area (Å²) in [7, 11) is -2.46. The molecule has 0 unspecified atom stereocenters. The quantitative estimate of drug-likeness (QED) is 0.717. The molecule has 7 nitrogen and oxygen atoms in total. The van der Waals surface area contributed by atoms with Crippen LogP contribution in [0.1, 0.15) is 13.8 Å². The lowest BCUT2D eigenvalue weighted by Gasteiger charge is -2.22. The van der Waals surface area contributed by atoms with E-state index >= 15 is 0 Å². The van der Waals surface area contributed by atoms with Crippen LogP contribution in [-0.2, 0) is 14.8 Å². The first kappa shape index (κ1) is 16.8. The number of amides is 1. The molecule has 0 saturated carbocycles. The maximum Gasteiger partial charge on any atom is 0.246 e. The molecule has 1 amide bonds. The Bertz CT molecular complexity index is 558. The van der Waals surface area contributed by atoms with Gasteiger partial charge in [0.2, 0.25) is 21.2 Å². The van der Waals surface area contributed by atoms with Crippen LogP contribution in [0.5, 0.6) is 0 Å². The minimum absolute atomic E-state index is 0.0363. The van der Waals surface area contributed by atoms with Crippen LogP contribution in [-0.4, -0.2) is 60.2 Å². The van der Waals surface area contributed by atoms with Gasteiger partial charge in [-0.3, -0.25) is 4.79 Å². The van der Waals surface area contributed by atoms with Crippen LogP contribution in [0.15, 0.2) is 17.3 Å². The van der Waals surface area contributed by atoms with E-state index in [4.69, 9.17) is 11.6 Å². The Balaban J connectivity index is 2.87. The molecule has 1 aromatic heterocycles. The molecule has 20 heavy (non-hydrogen) atoms. The lowest BCUT2D eigenvalue weighted by atomic mass is 10.4. The molecule has 1 aromatic rings. The third-order valence-corrected chi connectivity index (χ3v) is 4.73. The molecule has 0 aliphatic carbocycles. The van der Waals surface area contributed by atoms with Crippen LogP contribution >= 0.6 is 11.6 Å². The summed E-state index contributed by atoms with van der Waals surface area (Å²) in [4.78, 5) is 20.6. The molecule has 0 fully saturated rings. The minimum Gasteiger partial charge on any atom is -0.342 e. The Hall–Kier alpha value is -1.25. The summed E-state index contributed by atoms with van der Waals surface area (Å²) >= 11 is 5.51. The third-order valence-electron chi connectivity index (χ3n) is 2.78. The van der Waals surface area contributed by atoms with Gasteiger partial charge in [-0.1, -0.05) is 0 Å². The van der Waals surface area contributed by atoms with Gasteiger partial charge in [0.25, 0.3) is 0 Å². The molecule has 0 spiro atoms. The molecule has 1 rings (SSSR count). The van der Waals surface area contributed by atoms with Crippen molar-refractivity contribution in [3.8, 4) is 0 Å². The maximum absolute atomic E-state index is 12.2. The van der Waals surface area contributed by atoms with Crippen LogP contribution in [0, 0.1) is 0 Å². The smallest absolute Gasteiger partial charge is 0.246 e. The van der Waals surface area contributed by atoms with E-state index in [1.54, 1.807) is 4.90 Å². The largest absolute Gasteiger partial charge is 0.342 e. The molecular weight excluding hydrogens is 304 g/mol. The van der Waals surface area contributed by atoms with Crippen molar-refractivity contribution in [3.63, 3.8) is 0 Å². The minimum atomic E-state index is -3.80. The van der Waals surface area contributed by atoms with Gasteiger partial charge in [0, 0.05) is 20.1 Å². The summed E-state index contributed by atoms with van der Waals surface area (Å²) < 4.78 is 25.4. The summed E-state index contributed by atoms with van der Waals surface area (Å²) in [6.45, 7) is 4.51. The summed E-state index contributed by atoms with van der Waals surface area (Å²) in [6.07, 6.45) is 2.23. The van der Waals surface area contributed by atoms with Gasteiger partial charge in [-0.2, -0.15) is 4.31 Å². The zero-order chi connectivity index (χ0) is 15.3. The molecule has 0 aliphatic heterocycles. The van der Waals surface area contributed by atoms with Gasteiger partial charge in [0.15, 0.2) is 0 Å². The van der Waals surface area contributed by atoms with Crippen molar-refractivity contribution in [2.75, 3.05) is 26.7 Å². The highest BCUT2D eigenvalue weighted by molar-refractivity contribution is 7.89. The van der Waals surface area contributed by atoms with E-state index in [1.807, 2.05) is 13.8 Å². The fourth-order valence-electron chi connectivity index (χ4n) is 1.57. The number of hydrogen-bond donors (Lipinski definition) is 0. The fourth-order valence-corrected chi connectivity index (χ4v) is 2.68. The topological polar surface area (TPSA) is 83.5 Å². The lowest BCUT2D eigenvalue weighted by molar-refractivity contribution is -0.130. The Morgan fingerprint density at radius 2 is 1.75 bits per heavy atom. The van der Waals surface area contributed by atoms with E-state index in [2.05, 4.69) is 9.97 Å². The Labute approximate surface area is 123 Å². The molecule has 112 valence electrons. The molecule has 0 aliphatic rings.